The van der Waals surface area contributed by atoms with Crippen LogP contribution in [0.3, 0.4) is 0 Å². The zero-order valence-electron chi connectivity index (χ0n) is 19.5. The largest absolute Gasteiger partial charge is 0.492 e. The maximum atomic E-state index is 12.8. The number of hydrazine groups is 1. The summed E-state index contributed by atoms with van der Waals surface area (Å²) >= 11 is 8.52. The van der Waals surface area contributed by atoms with Gasteiger partial charge in [0.2, 0.25) is 5.91 Å². The van der Waals surface area contributed by atoms with E-state index in [1.165, 1.54) is 0 Å². The Kier molecular flexibility index (Phi) is 9.96. The maximum absolute atomic E-state index is 12.8. The molecule has 0 atom stereocenters. The molecule has 0 fully saturated rings. The number of hydrogen-bond donors (Lipinski definition) is 4. The fraction of sp³-hybridized carbons (Fsp3) is 0.154. The van der Waals surface area contributed by atoms with Crippen molar-refractivity contribution >= 4 is 56.7 Å². The van der Waals surface area contributed by atoms with E-state index in [-0.39, 0.29) is 16.6 Å². The van der Waals surface area contributed by atoms with Crippen molar-refractivity contribution in [3.8, 4) is 5.75 Å². The Morgan fingerprint density at radius 2 is 1.64 bits per heavy atom. The molecule has 0 aromatic heterocycles. The molecule has 3 amide bonds. The third kappa shape index (κ3) is 8.17. The smallest absolute Gasteiger partial charge is 0.269 e. The molecule has 3 aromatic rings. The van der Waals surface area contributed by atoms with E-state index >= 15 is 0 Å². The summed E-state index contributed by atoms with van der Waals surface area (Å²) in [4.78, 5) is 36.7. The van der Waals surface area contributed by atoms with Crippen LogP contribution in [0.5, 0.6) is 5.75 Å². The van der Waals surface area contributed by atoms with Gasteiger partial charge in [-0.1, -0.05) is 53.2 Å². The molecule has 0 saturated carbocycles. The van der Waals surface area contributed by atoms with E-state index in [4.69, 9.17) is 17.0 Å². The van der Waals surface area contributed by atoms with Gasteiger partial charge in [0.05, 0.1) is 12.2 Å². The fourth-order valence-electron chi connectivity index (χ4n) is 3.07. The number of benzene rings is 3. The van der Waals surface area contributed by atoms with Crippen molar-refractivity contribution in [3.63, 3.8) is 0 Å². The molecule has 0 spiro atoms. The second-order valence-corrected chi connectivity index (χ2v) is 8.89. The standard InChI is InChI=1S/C26H25BrN4O4S/c1-2-23(32)28-20-11-8-18(9-12-20)24(33)30-31-26(36)29-25(34)21-16-19(27)10-13-22(21)35-15-14-17-6-4-3-5-7-17/h3-13,16H,2,14-15H2,1H3,(H,28,32)(H,30,33)(H2,29,31,34,36). The molecule has 8 nitrogen and oxygen atoms in total. The molecular formula is C26H25BrN4O4S. The maximum Gasteiger partial charge on any atom is 0.269 e. The first kappa shape index (κ1) is 26.8. The number of rotatable bonds is 8. The highest BCUT2D eigenvalue weighted by molar-refractivity contribution is 9.10. The van der Waals surface area contributed by atoms with E-state index in [2.05, 4.69) is 37.4 Å². The van der Waals surface area contributed by atoms with E-state index in [1.54, 1.807) is 49.4 Å². The molecule has 0 heterocycles. The summed E-state index contributed by atoms with van der Waals surface area (Å²) in [6.07, 6.45) is 1.05. The molecule has 10 heteroatoms. The lowest BCUT2D eigenvalue weighted by Gasteiger charge is -2.14. The molecule has 0 bridgehead atoms. The van der Waals surface area contributed by atoms with Gasteiger partial charge >= 0.3 is 0 Å². The van der Waals surface area contributed by atoms with E-state index in [0.717, 1.165) is 5.56 Å². The average Bonchev–Trinajstić information content (AvgIpc) is 2.89. The van der Waals surface area contributed by atoms with E-state index in [1.807, 2.05) is 30.3 Å². The van der Waals surface area contributed by atoms with Crippen LogP contribution in [-0.4, -0.2) is 29.4 Å². The van der Waals surface area contributed by atoms with Gasteiger partial charge in [0.25, 0.3) is 11.8 Å². The Balaban J connectivity index is 1.52. The van der Waals surface area contributed by atoms with Crippen molar-refractivity contribution in [3.05, 3.63) is 94.0 Å². The first-order valence-electron chi connectivity index (χ1n) is 11.1. The minimum Gasteiger partial charge on any atom is -0.492 e. The molecule has 0 aliphatic rings. The number of nitrogens with one attached hydrogen (secondary N) is 4. The molecule has 36 heavy (non-hydrogen) atoms. The van der Waals surface area contributed by atoms with Gasteiger partial charge in [-0.2, -0.15) is 0 Å². The summed E-state index contributed by atoms with van der Waals surface area (Å²) in [5.41, 5.74) is 7.29. The van der Waals surface area contributed by atoms with Gasteiger partial charge in [0.1, 0.15) is 5.75 Å². The monoisotopic (exact) mass is 568 g/mol. The lowest BCUT2D eigenvalue weighted by molar-refractivity contribution is -0.115. The summed E-state index contributed by atoms with van der Waals surface area (Å²) in [6.45, 7) is 2.15. The summed E-state index contributed by atoms with van der Waals surface area (Å²) in [5.74, 6) is -0.667. The Morgan fingerprint density at radius 3 is 2.33 bits per heavy atom. The SMILES string of the molecule is CCC(=O)Nc1ccc(C(=O)NNC(=S)NC(=O)c2cc(Br)ccc2OCCc2ccccc2)cc1. The van der Waals surface area contributed by atoms with Crippen molar-refractivity contribution in [2.24, 2.45) is 0 Å². The third-order valence-electron chi connectivity index (χ3n) is 4.95. The lowest BCUT2D eigenvalue weighted by atomic mass is 10.1. The van der Waals surface area contributed by atoms with Crippen LogP contribution in [0.15, 0.2) is 77.3 Å². The first-order chi connectivity index (χ1) is 17.4. The number of carbonyl (C=O) groups excluding carboxylic acids is 3. The van der Waals surface area contributed by atoms with Gasteiger partial charge in [-0.25, -0.2) is 0 Å². The fourth-order valence-corrected chi connectivity index (χ4v) is 3.58. The molecule has 4 N–H and O–H groups in total. The minimum absolute atomic E-state index is 0.0876. The number of anilines is 1. The van der Waals surface area contributed by atoms with Crippen molar-refractivity contribution in [1.29, 1.82) is 0 Å². The van der Waals surface area contributed by atoms with E-state index < -0.39 is 11.8 Å². The zero-order valence-corrected chi connectivity index (χ0v) is 21.9. The van der Waals surface area contributed by atoms with Crippen LogP contribution < -0.4 is 26.2 Å². The number of thiocarbonyl (C=S) groups is 1. The number of carbonyl (C=O) groups is 3. The molecule has 0 radical (unpaired) electrons. The van der Waals surface area contributed by atoms with Crippen LogP contribution in [0.25, 0.3) is 0 Å². The second-order valence-electron chi connectivity index (χ2n) is 7.57. The van der Waals surface area contributed by atoms with Crippen LogP contribution >= 0.6 is 28.1 Å². The van der Waals surface area contributed by atoms with Gasteiger partial charge in [-0.3, -0.25) is 30.6 Å². The molecule has 3 aromatic carbocycles. The molecule has 0 saturated heterocycles. The second kappa shape index (κ2) is 13.4. The summed E-state index contributed by atoms with van der Waals surface area (Å²) in [7, 11) is 0. The quantitative estimate of drug-likeness (QED) is 0.237. The summed E-state index contributed by atoms with van der Waals surface area (Å²) in [5, 5.41) is 5.15. The van der Waals surface area contributed by atoms with Crippen molar-refractivity contribution in [1.82, 2.24) is 16.2 Å². The van der Waals surface area contributed by atoms with Gasteiger partial charge in [0.15, 0.2) is 5.11 Å². The van der Waals surface area contributed by atoms with E-state index in [9.17, 15) is 14.4 Å². The van der Waals surface area contributed by atoms with Gasteiger partial charge in [-0.05, 0) is 60.2 Å². The Hall–Kier alpha value is -3.76. The number of halogens is 1. The van der Waals surface area contributed by atoms with Gasteiger partial charge in [-0.15, -0.1) is 0 Å². The minimum atomic E-state index is -0.492. The molecule has 186 valence electrons. The molecule has 0 aliphatic heterocycles. The first-order valence-corrected chi connectivity index (χ1v) is 12.3. The van der Waals surface area contributed by atoms with Crippen LogP contribution in [0.2, 0.25) is 0 Å². The van der Waals surface area contributed by atoms with Crippen LogP contribution in [0.1, 0.15) is 39.6 Å². The van der Waals surface area contributed by atoms with Crippen molar-refractivity contribution in [2.45, 2.75) is 19.8 Å². The highest BCUT2D eigenvalue weighted by atomic mass is 79.9. The molecule has 0 aliphatic carbocycles. The Morgan fingerprint density at radius 1 is 0.917 bits per heavy atom. The predicted octanol–water partition coefficient (Wildman–Crippen LogP) is 4.37. The highest BCUT2D eigenvalue weighted by Crippen LogP contribution is 2.23. The van der Waals surface area contributed by atoms with E-state index in [0.29, 0.717) is 40.9 Å². The van der Waals surface area contributed by atoms with Crippen molar-refractivity contribution in [2.75, 3.05) is 11.9 Å². The number of ether oxygens (including phenoxy) is 1. The van der Waals surface area contributed by atoms with Gasteiger partial charge < -0.3 is 10.1 Å². The molecule has 0 unspecified atom stereocenters. The molecular weight excluding hydrogens is 544 g/mol. The summed E-state index contributed by atoms with van der Waals surface area (Å²) in [6, 6.07) is 21.4. The predicted molar refractivity (Wildman–Crippen MR) is 146 cm³/mol. The third-order valence-corrected chi connectivity index (χ3v) is 5.64. The van der Waals surface area contributed by atoms with Crippen molar-refractivity contribution < 1.29 is 19.1 Å². The van der Waals surface area contributed by atoms with Crippen LogP contribution in [0.4, 0.5) is 5.69 Å². The van der Waals surface area contributed by atoms with Gasteiger partial charge in [0, 0.05) is 28.6 Å². The van der Waals surface area contributed by atoms with Crippen LogP contribution in [-0.2, 0) is 11.2 Å². The average molecular weight is 569 g/mol. The van der Waals surface area contributed by atoms with Crippen LogP contribution in [0, 0.1) is 0 Å². The topological polar surface area (TPSA) is 109 Å². The number of hydrogen-bond acceptors (Lipinski definition) is 5. The zero-order chi connectivity index (χ0) is 25.9. The molecule has 3 rings (SSSR count). The summed E-state index contributed by atoms with van der Waals surface area (Å²) < 4.78 is 6.56. The highest BCUT2D eigenvalue weighted by Gasteiger charge is 2.15. The Bertz CT molecular complexity index is 1240. The Labute approximate surface area is 222 Å². The lowest BCUT2D eigenvalue weighted by Crippen LogP contribution is -2.48. The normalized spacial score (nSPS) is 10.2. The number of amides is 3.